The molecule has 3 rings (SSSR count). The molecule has 2 aromatic carbocycles. The maximum Gasteiger partial charge on any atom is 0.252 e. The SMILES string of the molecule is CCc1ccc(C(NC(=O)c2ccc(S(=O)(=O)NCCC#N)cc2)c2cccs2)cc1. The van der Waals surface area contributed by atoms with Gasteiger partial charge in [-0.15, -0.1) is 11.3 Å². The minimum absolute atomic E-state index is 0.0420. The lowest BCUT2D eigenvalue weighted by Crippen LogP contribution is -2.29. The third-order valence-electron chi connectivity index (χ3n) is 4.78. The number of carbonyl (C=O) groups is 1. The number of sulfonamides is 1. The zero-order chi connectivity index (χ0) is 22.3. The van der Waals surface area contributed by atoms with Gasteiger partial charge in [0, 0.05) is 23.4 Å². The Kier molecular flexibility index (Phi) is 7.58. The molecule has 0 bridgehead atoms. The molecular weight excluding hydrogens is 430 g/mol. The average Bonchev–Trinajstić information content (AvgIpc) is 3.32. The van der Waals surface area contributed by atoms with Crippen molar-refractivity contribution in [1.82, 2.24) is 10.0 Å². The van der Waals surface area contributed by atoms with Gasteiger partial charge < -0.3 is 5.32 Å². The molecule has 0 saturated heterocycles. The fraction of sp³-hybridized carbons (Fsp3) is 0.217. The zero-order valence-corrected chi connectivity index (χ0v) is 18.7. The van der Waals surface area contributed by atoms with Crippen LogP contribution in [0.1, 0.15) is 45.7 Å². The molecule has 0 fully saturated rings. The van der Waals surface area contributed by atoms with E-state index in [1.54, 1.807) is 11.3 Å². The van der Waals surface area contributed by atoms with Crippen LogP contribution in [-0.2, 0) is 16.4 Å². The van der Waals surface area contributed by atoms with Gasteiger partial charge in [-0.2, -0.15) is 5.26 Å². The van der Waals surface area contributed by atoms with E-state index in [2.05, 4.69) is 29.1 Å². The lowest BCUT2D eigenvalue weighted by Gasteiger charge is -2.19. The maximum absolute atomic E-state index is 12.9. The molecule has 0 saturated carbocycles. The van der Waals surface area contributed by atoms with Gasteiger partial charge in [-0.1, -0.05) is 37.3 Å². The van der Waals surface area contributed by atoms with E-state index in [4.69, 9.17) is 5.26 Å². The molecule has 0 aliphatic rings. The number of rotatable bonds is 9. The van der Waals surface area contributed by atoms with Crippen molar-refractivity contribution < 1.29 is 13.2 Å². The van der Waals surface area contributed by atoms with Crippen LogP contribution in [0.3, 0.4) is 0 Å². The summed E-state index contributed by atoms with van der Waals surface area (Å²) in [7, 11) is -3.71. The largest absolute Gasteiger partial charge is 0.340 e. The number of aryl methyl sites for hydroxylation is 1. The Hall–Kier alpha value is -2.99. The minimum Gasteiger partial charge on any atom is -0.340 e. The van der Waals surface area contributed by atoms with Crippen LogP contribution in [0.4, 0.5) is 0 Å². The molecular formula is C23H23N3O3S2. The summed E-state index contributed by atoms with van der Waals surface area (Å²) >= 11 is 1.56. The van der Waals surface area contributed by atoms with Gasteiger partial charge in [0.15, 0.2) is 0 Å². The first kappa shape index (κ1) is 22.7. The number of nitriles is 1. The van der Waals surface area contributed by atoms with Crippen LogP contribution >= 0.6 is 11.3 Å². The summed E-state index contributed by atoms with van der Waals surface area (Å²) in [5, 5.41) is 13.6. The van der Waals surface area contributed by atoms with E-state index in [0.717, 1.165) is 16.9 Å². The molecule has 8 heteroatoms. The number of hydrogen-bond acceptors (Lipinski definition) is 5. The molecule has 2 N–H and O–H groups in total. The number of carbonyl (C=O) groups excluding carboxylic acids is 1. The van der Waals surface area contributed by atoms with Gasteiger partial charge in [-0.3, -0.25) is 4.79 Å². The molecule has 160 valence electrons. The van der Waals surface area contributed by atoms with Crippen molar-refractivity contribution in [2.24, 2.45) is 0 Å². The highest BCUT2D eigenvalue weighted by Gasteiger charge is 2.20. The van der Waals surface area contributed by atoms with Crippen molar-refractivity contribution in [3.05, 3.63) is 87.6 Å². The van der Waals surface area contributed by atoms with Gasteiger partial charge in [0.1, 0.15) is 0 Å². The van der Waals surface area contributed by atoms with Crippen LogP contribution in [0.2, 0.25) is 0 Å². The van der Waals surface area contributed by atoms with Crippen LogP contribution < -0.4 is 10.0 Å². The Balaban J connectivity index is 1.78. The van der Waals surface area contributed by atoms with E-state index in [-0.39, 0.29) is 29.8 Å². The Labute approximate surface area is 186 Å². The van der Waals surface area contributed by atoms with Crippen molar-refractivity contribution in [3.63, 3.8) is 0 Å². The number of hydrogen-bond donors (Lipinski definition) is 2. The van der Waals surface area contributed by atoms with Gasteiger partial charge in [-0.05, 0) is 53.3 Å². The number of nitrogens with one attached hydrogen (secondary N) is 2. The summed E-state index contributed by atoms with van der Waals surface area (Å²) in [5.74, 6) is -0.292. The van der Waals surface area contributed by atoms with Gasteiger partial charge in [0.25, 0.3) is 5.91 Å². The van der Waals surface area contributed by atoms with Crippen LogP contribution in [0.15, 0.2) is 70.9 Å². The first-order valence-electron chi connectivity index (χ1n) is 9.84. The second-order valence-electron chi connectivity index (χ2n) is 6.85. The number of benzene rings is 2. The fourth-order valence-corrected chi connectivity index (χ4v) is 4.88. The van der Waals surface area contributed by atoms with E-state index in [1.807, 2.05) is 35.7 Å². The number of thiophene rings is 1. The zero-order valence-electron chi connectivity index (χ0n) is 17.0. The smallest absolute Gasteiger partial charge is 0.252 e. The molecule has 3 aromatic rings. The quantitative estimate of drug-likeness (QED) is 0.478. The first-order valence-corrected chi connectivity index (χ1v) is 12.2. The van der Waals surface area contributed by atoms with Gasteiger partial charge in [-0.25, -0.2) is 13.1 Å². The van der Waals surface area contributed by atoms with E-state index in [1.165, 1.54) is 29.8 Å². The highest BCUT2D eigenvalue weighted by molar-refractivity contribution is 7.89. The molecule has 0 radical (unpaired) electrons. The standard InChI is InChI=1S/C23H23N3O3S2/c1-2-17-6-8-18(9-7-17)22(21-5-3-16-30-21)26-23(27)19-10-12-20(13-11-19)31(28,29)25-15-4-14-24/h3,5-13,16,22,25H,2,4,15H2,1H3,(H,26,27). The van der Waals surface area contributed by atoms with E-state index in [0.29, 0.717) is 5.56 Å². The Morgan fingerprint density at radius 3 is 2.39 bits per heavy atom. The third kappa shape index (κ3) is 5.79. The topological polar surface area (TPSA) is 99.1 Å². The van der Waals surface area contributed by atoms with Crippen molar-refractivity contribution in [2.45, 2.75) is 30.7 Å². The molecule has 31 heavy (non-hydrogen) atoms. The monoisotopic (exact) mass is 453 g/mol. The van der Waals surface area contributed by atoms with Crippen molar-refractivity contribution >= 4 is 27.3 Å². The summed E-state index contributed by atoms with van der Waals surface area (Å²) in [6.45, 7) is 2.14. The van der Waals surface area contributed by atoms with Gasteiger partial charge >= 0.3 is 0 Å². The first-order chi connectivity index (χ1) is 14.9. The molecule has 1 amide bonds. The highest BCUT2D eigenvalue weighted by Crippen LogP contribution is 2.27. The Morgan fingerprint density at radius 1 is 1.10 bits per heavy atom. The van der Waals surface area contributed by atoms with Crippen LogP contribution in [-0.4, -0.2) is 20.9 Å². The predicted molar refractivity (Wildman–Crippen MR) is 121 cm³/mol. The number of nitrogens with zero attached hydrogens (tertiary/aromatic N) is 1. The molecule has 1 aromatic heterocycles. The molecule has 0 aliphatic carbocycles. The summed E-state index contributed by atoms with van der Waals surface area (Å²) in [6, 6.07) is 19.4. The Bertz CT molecular complexity index is 1150. The molecule has 0 spiro atoms. The van der Waals surface area contributed by atoms with E-state index >= 15 is 0 Å². The summed E-state index contributed by atoms with van der Waals surface area (Å²) in [4.78, 5) is 14.0. The molecule has 6 nitrogen and oxygen atoms in total. The molecule has 1 unspecified atom stereocenters. The third-order valence-corrected chi connectivity index (χ3v) is 7.19. The fourth-order valence-electron chi connectivity index (χ4n) is 3.04. The Morgan fingerprint density at radius 2 is 1.81 bits per heavy atom. The summed E-state index contributed by atoms with van der Waals surface area (Å²) in [6.07, 6.45) is 1.03. The average molecular weight is 454 g/mol. The predicted octanol–water partition coefficient (Wildman–Crippen LogP) is 4.02. The highest BCUT2D eigenvalue weighted by atomic mass is 32.2. The van der Waals surface area contributed by atoms with Crippen LogP contribution in [0.5, 0.6) is 0 Å². The van der Waals surface area contributed by atoms with Crippen molar-refractivity contribution in [2.75, 3.05) is 6.54 Å². The molecule has 1 atom stereocenters. The lowest BCUT2D eigenvalue weighted by molar-refractivity contribution is 0.0943. The maximum atomic E-state index is 12.9. The molecule has 0 aliphatic heterocycles. The van der Waals surface area contributed by atoms with Gasteiger partial charge in [0.05, 0.1) is 17.0 Å². The lowest BCUT2D eigenvalue weighted by atomic mass is 10.0. The van der Waals surface area contributed by atoms with Crippen LogP contribution in [0, 0.1) is 11.3 Å². The number of amides is 1. The van der Waals surface area contributed by atoms with Crippen molar-refractivity contribution in [3.8, 4) is 6.07 Å². The van der Waals surface area contributed by atoms with Crippen molar-refractivity contribution in [1.29, 1.82) is 5.26 Å². The minimum atomic E-state index is -3.71. The van der Waals surface area contributed by atoms with E-state index in [9.17, 15) is 13.2 Å². The summed E-state index contributed by atoms with van der Waals surface area (Å²) in [5.41, 5.74) is 2.57. The summed E-state index contributed by atoms with van der Waals surface area (Å²) < 4.78 is 26.8. The second-order valence-corrected chi connectivity index (χ2v) is 9.59. The van der Waals surface area contributed by atoms with Crippen LogP contribution in [0.25, 0.3) is 0 Å². The second kappa shape index (κ2) is 10.4. The van der Waals surface area contributed by atoms with Gasteiger partial charge in [0.2, 0.25) is 10.0 Å². The van der Waals surface area contributed by atoms with E-state index < -0.39 is 10.0 Å². The normalized spacial score (nSPS) is 12.1. The molecule has 1 heterocycles.